The Kier molecular flexibility index (Phi) is 7.15. The molecule has 0 spiro atoms. The first-order chi connectivity index (χ1) is 12.7. The van der Waals surface area contributed by atoms with Gasteiger partial charge in [0.2, 0.25) is 0 Å². The molecule has 1 unspecified atom stereocenters. The average Bonchev–Trinajstić information content (AvgIpc) is 2.58. The van der Waals surface area contributed by atoms with Crippen LogP contribution in [0.2, 0.25) is 0 Å². The van der Waals surface area contributed by atoms with E-state index in [-0.39, 0.29) is 18.2 Å². The lowest BCUT2D eigenvalue weighted by atomic mass is 10.1. The van der Waals surface area contributed by atoms with Gasteiger partial charge in [0.05, 0.1) is 0 Å². The van der Waals surface area contributed by atoms with Crippen molar-refractivity contribution in [1.29, 1.82) is 0 Å². The van der Waals surface area contributed by atoms with Gasteiger partial charge < -0.3 is 14.8 Å². The summed E-state index contributed by atoms with van der Waals surface area (Å²) in [6, 6.07) is 6.16. The van der Waals surface area contributed by atoms with Gasteiger partial charge >= 0.3 is 12.1 Å². The van der Waals surface area contributed by atoms with E-state index in [2.05, 4.69) is 10.6 Å². The van der Waals surface area contributed by atoms with Crippen LogP contribution in [-0.4, -0.2) is 48.0 Å². The fourth-order valence-electron chi connectivity index (χ4n) is 2.72. The Balaban J connectivity index is 2.15. The van der Waals surface area contributed by atoms with E-state index in [1.807, 2.05) is 4.90 Å². The van der Waals surface area contributed by atoms with Gasteiger partial charge in [-0.15, -0.1) is 0 Å². The van der Waals surface area contributed by atoms with Gasteiger partial charge in [0, 0.05) is 26.1 Å². The number of hydrogen-bond acceptors (Lipinski definition) is 6. The van der Waals surface area contributed by atoms with Crippen LogP contribution >= 0.6 is 0 Å². The number of halogens is 1. The quantitative estimate of drug-likeness (QED) is 0.763. The Bertz CT molecular complexity index is 645. The molecule has 1 aromatic rings. The molecule has 1 saturated heterocycles. The van der Waals surface area contributed by atoms with Crippen molar-refractivity contribution in [2.24, 2.45) is 0 Å². The molecule has 1 amide bonds. The fourth-order valence-corrected chi connectivity index (χ4v) is 2.72. The van der Waals surface area contributed by atoms with Crippen molar-refractivity contribution >= 4 is 12.1 Å². The summed E-state index contributed by atoms with van der Waals surface area (Å²) in [5.41, 5.74) is 0.235. The van der Waals surface area contributed by atoms with Crippen molar-refractivity contribution in [3.8, 4) is 0 Å². The first-order valence-corrected chi connectivity index (χ1v) is 9.09. The summed E-state index contributed by atoms with van der Waals surface area (Å²) in [5, 5.41) is 5.90. The van der Waals surface area contributed by atoms with E-state index in [9.17, 15) is 14.0 Å². The highest BCUT2D eigenvalue weighted by molar-refractivity contribution is 5.70. The number of hydrogen-bond donors (Lipinski definition) is 2. The van der Waals surface area contributed by atoms with Gasteiger partial charge in [-0.3, -0.25) is 15.0 Å². The normalized spacial score (nSPS) is 20.8. The number of carbonyl (C=O) groups excluding carboxylic acids is 2. The molecule has 150 valence electrons. The summed E-state index contributed by atoms with van der Waals surface area (Å²) < 4.78 is 24.0. The molecule has 1 aliphatic heterocycles. The van der Waals surface area contributed by atoms with Crippen LogP contribution in [0.1, 0.15) is 39.7 Å². The minimum atomic E-state index is -0.709. The molecule has 2 atom stereocenters. The van der Waals surface area contributed by atoms with Crippen molar-refractivity contribution in [2.45, 2.75) is 58.7 Å². The fraction of sp³-hybridized carbons (Fsp3) is 0.579. The number of ether oxygens (including phenoxy) is 2. The van der Waals surface area contributed by atoms with Gasteiger partial charge in [-0.2, -0.15) is 0 Å². The lowest BCUT2D eigenvalue weighted by Crippen LogP contribution is -2.65. The molecule has 0 aliphatic carbocycles. The number of nitrogens with zero attached hydrogens (tertiary/aromatic N) is 1. The zero-order chi connectivity index (χ0) is 20.0. The summed E-state index contributed by atoms with van der Waals surface area (Å²) in [5.74, 6) is -0.677. The molecule has 1 aromatic carbocycles. The van der Waals surface area contributed by atoms with Crippen molar-refractivity contribution in [3.05, 3.63) is 35.6 Å². The Hall–Kier alpha value is -2.19. The zero-order valence-corrected chi connectivity index (χ0v) is 16.3. The van der Waals surface area contributed by atoms with Gasteiger partial charge in [0.25, 0.3) is 0 Å². The number of esters is 1. The first-order valence-electron chi connectivity index (χ1n) is 9.09. The molecular weight excluding hydrogens is 353 g/mol. The largest absolute Gasteiger partial charge is 0.444 e. The van der Waals surface area contributed by atoms with Crippen molar-refractivity contribution in [1.82, 2.24) is 15.5 Å². The van der Waals surface area contributed by atoms with Gasteiger partial charge in [-0.1, -0.05) is 19.1 Å². The predicted octanol–water partition coefficient (Wildman–Crippen LogP) is 2.36. The van der Waals surface area contributed by atoms with E-state index in [4.69, 9.17) is 9.47 Å². The first kappa shape index (κ1) is 21.1. The third-order valence-corrected chi connectivity index (χ3v) is 3.94. The highest BCUT2D eigenvalue weighted by Gasteiger charge is 2.36. The van der Waals surface area contributed by atoms with Crippen LogP contribution in [0.15, 0.2) is 24.3 Å². The summed E-state index contributed by atoms with van der Waals surface area (Å²) >= 11 is 0. The Morgan fingerprint density at radius 3 is 2.56 bits per heavy atom. The summed E-state index contributed by atoms with van der Waals surface area (Å²) in [6.45, 7) is 8.68. The molecule has 1 fully saturated rings. The molecule has 0 radical (unpaired) electrons. The zero-order valence-electron chi connectivity index (χ0n) is 16.3. The topological polar surface area (TPSA) is 79.9 Å². The van der Waals surface area contributed by atoms with Gasteiger partial charge in [0.1, 0.15) is 17.6 Å². The smallest absolute Gasteiger partial charge is 0.409 e. The molecule has 1 heterocycles. The second-order valence-corrected chi connectivity index (χ2v) is 7.41. The van der Waals surface area contributed by atoms with Crippen LogP contribution < -0.4 is 10.6 Å². The molecule has 0 saturated carbocycles. The Morgan fingerprint density at radius 1 is 1.30 bits per heavy atom. The maximum atomic E-state index is 13.2. The van der Waals surface area contributed by atoms with E-state index in [0.29, 0.717) is 19.6 Å². The average molecular weight is 381 g/mol. The molecule has 7 nitrogen and oxygen atoms in total. The molecule has 0 bridgehead atoms. The molecule has 1 aliphatic rings. The van der Waals surface area contributed by atoms with Crippen molar-refractivity contribution < 1.29 is 23.5 Å². The maximum Gasteiger partial charge on any atom is 0.409 e. The van der Waals surface area contributed by atoms with E-state index in [1.54, 1.807) is 39.8 Å². The second kappa shape index (κ2) is 9.14. The van der Waals surface area contributed by atoms with E-state index >= 15 is 0 Å². The van der Waals surface area contributed by atoms with Crippen LogP contribution in [0.25, 0.3) is 0 Å². The number of benzene rings is 1. The van der Waals surface area contributed by atoms with E-state index in [0.717, 1.165) is 5.56 Å². The Morgan fingerprint density at radius 2 is 1.96 bits per heavy atom. The van der Waals surface area contributed by atoms with Crippen LogP contribution in [0.5, 0.6) is 0 Å². The van der Waals surface area contributed by atoms with Crippen LogP contribution in [-0.2, 0) is 20.8 Å². The minimum Gasteiger partial charge on any atom is -0.444 e. The van der Waals surface area contributed by atoms with E-state index in [1.165, 1.54) is 12.1 Å². The third kappa shape index (κ3) is 6.80. The van der Waals surface area contributed by atoms with E-state index < -0.39 is 24.1 Å². The van der Waals surface area contributed by atoms with Gasteiger partial charge in [0.15, 0.2) is 6.23 Å². The molecule has 27 heavy (non-hydrogen) atoms. The Labute approximate surface area is 159 Å². The van der Waals surface area contributed by atoms with Gasteiger partial charge in [-0.05, 0) is 38.5 Å². The summed E-state index contributed by atoms with van der Waals surface area (Å²) in [4.78, 5) is 26.0. The van der Waals surface area contributed by atoms with Crippen LogP contribution in [0.4, 0.5) is 9.18 Å². The van der Waals surface area contributed by atoms with Crippen LogP contribution in [0, 0.1) is 5.82 Å². The lowest BCUT2D eigenvalue weighted by Gasteiger charge is -2.41. The predicted molar refractivity (Wildman–Crippen MR) is 98.1 cm³/mol. The number of amides is 1. The monoisotopic (exact) mass is 381 g/mol. The number of alkyl carbamates (subject to hydrolysis) is 1. The van der Waals surface area contributed by atoms with Crippen LogP contribution in [0.3, 0.4) is 0 Å². The molecule has 8 heteroatoms. The standard InChI is InChI=1S/C19H28FN3O4/c1-5-15(24)26-17-16(22-18(25)27-19(2,3)4)23(11-10-21-17)12-13-6-8-14(20)9-7-13/h6-9,16-17,21H,5,10-12H2,1-4H3,(H,22,25)/t16-,17?/m0/s1. The lowest BCUT2D eigenvalue weighted by molar-refractivity contribution is -0.158. The van der Waals surface area contributed by atoms with Crippen molar-refractivity contribution in [2.75, 3.05) is 13.1 Å². The van der Waals surface area contributed by atoms with Crippen molar-refractivity contribution in [3.63, 3.8) is 0 Å². The minimum absolute atomic E-state index is 0.231. The maximum absolute atomic E-state index is 13.2. The number of carbonyl (C=O) groups is 2. The second-order valence-electron chi connectivity index (χ2n) is 7.41. The molecule has 2 N–H and O–H groups in total. The summed E-state index contributed by atoms with van der Waals surface area (Å²) in [6.07, 6.45) is -1.69. The highest BCUT2D eigenvalue weighted by atomic mass is 19.1. The molecule has 0 aromatic heterocycles. The van der Waals surface area contributed by atoms with Gasteiger partial charge in [-0.25, -0.2) is 9.18 Å². The third-order valence-electron chi connectivity index (χ3n) is 3.94. The SMILES string of the molecule is CCC(=O)OC1NCCN(Cc2ccc(F)cc2)[C@@H]1NC(=O)OC(C)(C)C. The summed E-state index contributed by atoms with van der Waals surface area (Å²) in [7, 11) is 0. The number of nitrogens with one attached hydrogen (secondary N) is 2. The highest BCUT2D eigenvalue weighted by Crippen LogP contribution is 2.16. The number of piperazine rings is 1. The number of rotatable bonds is 5. The molecular formula is C19H28FN3O4. The molecule has 2 rings (SSSR count).